The van der Waals surface area contributed by atoms with Gasteiger partial charge in [-0.3, -0.25) is 9.69 Å². The Morgan fingerprint density at radius 3 is 2.68 bits per heavy atom. The molecule has 1 amide bonds. The molecule has 0 bridgehead atoms. The second kappa shape index (κ2) is 10.8. The number of carbonyl (C=O) groups is 2. The third-order valence-corrected chi connectivity index (χ3v) is 5.79. The molecule has 0 saturated carbocycles. The fraction of sp³-hybridized carbons (Fsp3) is 0.409. The first kappa shape index (κ1) is 23.3. The number of amides is 1. The van der Waals surface area contributed by atoms with Crippen LogP contribution in [0.5, 0.6) is 0 Å². The van der Waals surface area contributed by atoms with Crippen LogP contribution in [-0.2, 0) is 9.53 Å². The molecule has 1 atom stereocenters. The average Bonchev–Trinajstić information content (AvgIpc) is 3.02. The molecule has 1 aromatic heterocycles. The minimum atomic E-state index is -0.372. The number of ether oxygens (including phenoxy) is 1. The summed E-state index contributed by atoms with van der Waals surface area (Å²) in [4.78, 5) is 33.3. The van der Waals surface area contributed by atoms with Crippen LogP contribution in [0, 0.1) is 0 Å². The molecule has 2 heterocycles. The monoisotopic (exact) mass is 464 g/mol. The molecule has 1 saturated heterocycles. The normalized spacial score (nSPS) is 15.8. The van der Waals surface area contributed by atoms with Gasteiger partial charge in [0.25, 0.3) is 0 Å². The molecule has 1 fully saturated rings. The minimum Gasteiger partial charge on any atom is -0.462 e. The van der Waals surface area contributed by atoms with Crippen LogP contribution < -0.4 is 10.2 Å². The average molecular weight is 465 g/mol. The van der Waals surface area contributed by atoms with Gasteiger partial charge in [-0.15, -0.1) is 0 Å². The van der Waals surface area contributed by atoms with Crippen molar-refractivity contribution in [1.29, 1.82) is 0 Å². The van der Waals surface area contributed by atoms with E-state index in [4.69, 9.17) is 27.9 Å². The van der Waals surface area contributed by atoms with E-state index in [1.165, 1.54) is 0 Å². The van der Waals surface area contributed by atoms with Gasteiger partial charge in [0.2, 0.25) is 5.91 Å². The molecule has 1 aliphatic heterocycles. The second-order valence-corrected chi connectivity index (χ2v) is 8.14. The highest BCUT2D eigenvalue weighted by atomic mass is 35.5. The van der Waals surface area contributed by atoms with E-state index in [0.717, 1.165) is 31.9 Å². The lowest BCUT2D eigenvalue weighted by Crippen LogP contribution is -2.44. The van der Waals surface area contributed by atoms with Crippen LogP contribution in [0.3, 0.4) is 0 Å². The second-order valence-electron chi connectivity index (χ2n) is 7.29. The molecule has 1 N–H and O–H groups in total. The van der Waals surface area contributed by atoms with Gasteiger partial charge in [0.15, 0.2) is 0 Å². The van der Waals surface area contributed by atoms with E-state index < -0.39 is 0 Å². The van der Waals surface area contributed by atoms with Crippen molar-refractivity contribution >= 4 is 46.6 Å². The van der Waals surface area contributed by atoms with Crippen molar-refractivity contribution in [1.82, 2.24) is 9.88 Å². The number of nitrogens with zero attached hydrogens (tertiary/aromatic N) is 3. The van der Waals surface area contributed by atoms with E-state index in [1.807, 2.05) is 13.0 Å². The summed E-state index contributed by atoms with van der Waals surface area (Å²) in [6.45, 7) is 7.02. The smallest absolute Gasteiger partial charge is 0.339 e. The highest BCUT2D eigenvalue weighted by Gasteiger charge is 2.25. The summed E-state index contributed by atoms with van der Waals surface area (Å²) in [5.41, 5.74) is 0.945. The van der Waals surface area contributed by atoms with Gasteiger partial charge in [-0.05, 0) is 50.6 Å². The Morgan fingerprint density at radius 1 is 1.16 bits per heavy atom. The maximum atomic E-state index is 12.8. The summed E-state index contributed by atoms with van der Waals surface area (Å²) in [5.74, 6) is 0.301. The number of esters is 1. The van der Waals surface area contributed by atoms with Crippen LogP contribution in [0.1, 0.15) is 30.6 Å². The SMILES string of the molecule is CCOC(=O)c1ccc(N2CCCN(C(C)C(=O)Nc3cc(Cl)ccc3Cl)CC2)nc1. The van der Waals surface area contributed by atoms with Crippen molar-refractivity contribution in [3.8, 4) is 0 Å². The lowest BCUT2D eigenvalue weighted by molar-refractivity contribution is -0.120. The van der Waals surface area contributed by atoms with Crippen LogP contribution in [0.4, 0.5) is 11.5 Å². The van der Waals surface area contributed by atoms with Crippen LogP contribution in [0.25, 0.3) is 0 Å². The van der Waals surface area contributed by atoms with Crippen molar-refractivity contribution in [3.05, 3.63) is 52.1 Å². The number of benzene rings is 1. The zero-order chi connectivity index (χ0) is 22.4. The van der Waals surface area contributed by atoms with Gasteiger partial charge in [0.1, 0.15) is 5.82 Å². The van der Waals surface area contributed by atoms with Crippen molar-refractivity contribution in [2.45, 2.75) is 26.3 Å². The Morgan fingerprint density at radius 2 is 1.97 bits per heavy atom. The molecular formula is C22H26Cl2N4O3. The van der Waals surface area contributed by atoms with Crippen LogP contribution in [0.2, 0.25) is 10.0 Å². The summed E-state index contributed by atoms with van der Waals surface area (Å²) in [6.07, 6.45) is 2.43. The summed E-state index contributed by atoms with van der Waals surface area (Å²) in [6, 6.07) is 8.22. The molecule has 1 aliphatic rings. The molecular weight excluding hydrogens is 439 g/mol. The summed E-state index contributed by atoms with van der Waals surface area (Å²) in [7, 11) is 0. The Labute approximate surface area is 192 Å². The number of anilines is 2. The fourth-order valence-corrected chi connectivity index (χ4v) is 3.80. The number of pyridine rings is 1. The zero-order valence-corrected chi connectivity index (χ0v) is 19.1. The van der Waals surface area contributed by atoms with E-state index in [1.54, 1.807) is 37.4 Å². The van der Waals surface area contributed by atoms with Gasteiger partial charge in [-0.25, -0.2) is 9.78 Å². The van der Waals surface area contributed by atoms with Crippen molar-refractivity contribution < 1.29 is 14.3 Å². The fourth-order valence-electron chi connectivity index (χ4n) is 3.46. The molecule has 1 aromatic carbocycles. The highest BCUT2D eigenvalue weighted by molar-refractivity contribution is 6.35. The first-order chi connectivity index (χ1) is 14.9. The number of carbonyl (C=O) groups excluding carboxylic acids is 2. The standard InChI is InChI=1S/C22H26Cl2N4O3/c1-3-31-22(30)16-5-8-20(25-14-16)28-10-4-9-27(11-12-28)15(2)21(29)26-19-13-17(23)6-7-18(19)24/h5-8,13-15H,3-4,9-12H2,1-2H3,(H,26,29). The lowest BCUT2D eigenvalue weighted by atomic mass is 10.2. The first-order valence-corrected chi connectivity index (χ1v) is 11.0. The number of hydrogen-bond donors (Lipinski definition) is 1. The van der Waals surface area contributed by atoms with Gasteiger partial charge < -0.3 is 15.0 Å². The van der Waals surface area contributed by atoms with Gasteiger partial charge in [0, 0.05) is 37.4 Å². The Balaban J connectivity index is 1.59. The van der Waals surface area contributed by atoms with Gasteiger partial charge in [0.05, 0.1) is 28.9 Å². The molecule has 2 aromatic rings. The van der Waals surface area contributed by atoms with Crippen molar-refractivity contribution in [2.24, 2.45) is 0 Å². The lowest BCUT2D eigenvalue weighted by Gasteiger charge is -2.27. The molecule has 1 unspecified atom stereocenters. The van der Waals surface area contributed by atoms with E-state index >= 15 is 0 Å². The van der Waals surface area contributed by atoms with Gasteiger partial charge >= 0.3 is 5.97 Å². The number of nitrogens with one attached hydrogen (secondary N) is 1. The quantitative estimate of drug-likeness (QED) is 0.648. The Kier molecular flexibility index (Phi) is 8.12. The third-order valence-electron chi connectivity index (χ3n) is 5.23. The summed E-state index contributed by atoms with van der Waals surface area (Å²) < 4.78 is 5.00. The number of rotatable bonds is 6. The number of halogens is 2. The topological polar surface area (TPSA) is 74.8 Å². The zero-order valence-electron chi connectivity index (χ0n) is 17.6. The Bertz CT molecular complexity index is 923. The van der Waals surface area contributed by atoms with Crippen LogP contribution in [0.15, 0.2) is 36.5 Å². The van der Waals surface area contributed by atoms with Crippen LogP contribution in [-0.4, -0.2) is 60.6 Å². The van der Waals surface area contributed by atoms with E-state index in [0.29, 0.717) is 34.4 Å². The van der Waals surface area contributed by atoms with E-state index in [9.17, 15) is 9.59 Å². The maximum absolute atomic E-state index is 12.8. The molecule has 0 aliphatic carbocycles. The van der Waals surface area contributed by atoms with Crippen LogP contribution >= 0.6 is 23.2 Å². The predicted molar refractivity (Wildman–Crippen MR) is 123 cm³/mol. The van der Waals surface area contributed by atoms with Crippen molar-refractivity contribution in [2.75, 3.05) is 43.0 Å². The first-order valence-electron chi connectivity index (χ1n) is 10.3. The maximum Gasteiger partial charge on any atom is 0.339 e. The third kappa shape index (κ3) is 6.09. The van der Waals surface area contributed by atoms with E-state index in [2.05, 4.69) is 20.1 Å². The highest BCUT2D eigenvalue weighted by Crippen LogP contribution is 2.26. The molecule has 3 rings (SSSR count). The molecule has 0 radical (unpaired) electrons. The molecule has 9 heteroatoms. The predicted octanol–water partition coefficient (Wildman–Crippen LogP) is 4.10. The molecule has 31 heavy (non-hydrogen) atoms. The number of hydrogen-bond acceptors (Lipinski definition) is 6. The molecule has 7 nitrogen and oxygen atoms in total. The number of aromatic nitrogens is 1. The minimum absolute atomic E-state index is 0.130. The van der Waals surface area contributed by atoms with Gasteiger partial charge in [-0.2, -0.15) is 0 Å². The van der Waals surface area contributed by atoms with E-state index in [-0.39, 0.29) is 17.9 Å². The largest absolute Gasteiger partial charge is 0.462 e. The summed E-state index contributed by atoms with van der Waals surface area (Å²) in [5, 5.41) is 3.83. The van der Waals surface area contributed by atoms with Gasteiger partial charge in [-0.1, -0.05) is 23.2 Å². The Hall–Kier alpha value is -2.35. The van der Waals surface area contributed by atoms with Crippen molar-refractivity contribution in [3.63, 3.8) is 0 Å². The molecule has 166 valence electrons. The summed E-state index contributed by atoms with van der Waals surface area (Å²) >= 11 is 12.2. The molecule has 0 spiro atoms.